The van der Waals surface area contributed by atoms with Crippen molar-refractivity contribution in [3.05, 3.63) is 63.6 Å². The highest BCUT2D eigenvalue weighted by Gasteiger charge is 2.12. The third-order valence-corrected chi connectivity index (χ3v) is 4.06. The molecule has 7 nitrogen and oxygen atoms in total. The van der Waals surface area contributed by atoms with Gasteiger partial charge in [0.25, 0.3) is 5.91 Å². The van der Waals surface area contributed by atoms with Gasteiger partial charge in [-0.1, -0.05) is 17.7 Å². The molecule has 0 saturated heterocycles. The smallest absolute Gasteiger partial charge is 0.408 e. The second-order valence-corrected chi connectivity index (χ2v) is 6.03. The lowest BCUT2D eigenvalue weighted by atomic mass is 10.2. The summed E-state index contributed by atoms with van der Waals surface area (Å²) in [4.78, 5) is 35.8. The fourth-order valence-corrected chi connectivity index (χ4v) is 2.73. The average Bonchev–Trinajstić information content (AvgIpc) is 2.93. The van der Waals surface area contributed by atoms with Crippen LogP contribution in [0.15, 0.2) is 51.7 Å². The molecule has 8 heteroatoms. The fraction of sp³-hybridized carbons (Fsp3) is 0.167. The molecule has 1 aromatic heterocycles. The Balaban J connectivity index is 1.69. The molecule has 2 N–H and O–H groups in total. The minimum atomic E-state index is -0.545. The van der Waals surface area contributed by atoms with Crippen LogP contribution in [-0.4, -0.2) is 23.4 Å². The Morgan fingerprint density at radius 2 is 2.00 bits per heavy atom. The molecule has 0 aliphatic rings. The standard InChI is InChI=1S/C18H16ClN3O4/c1-20-17(24)11-3-2-4-13(9-11)21-16(23)7-8-22-14-6-5-12(19)10-15(14)26-18(22)25/h2-6,9-10H,7-8H2,1H3,(H,20,24)(H,21,23). The van der Waals surface area contributed by atoms with Gasteiger partial charge in [-0.2, -0.15) is 0 Å². The summed E-state index contributed by atoms with van der Waals surface area (Å²) in [7, 11) is 1.54. The molecular weight excluding hydrogens is 358 g/mol. The molecule has 2 aromatic carbocycles. The van der Waals surface area contributed by atoms with Gasteiger partial charge in [0, 0.05) is 42.4 Å². The highest BCUT2D eigenvalue weighted by atomic mass is 35.5. The van der Waals surface area contributed by atoms with E-state index in [9.17, 15) is 14.4 Å². The van der Waals surface area contributed by atoms with E-state index < -0.39 is 5.76 Å². The van der Waals surface area contributed by atoms with Crippen molar-refractivity contribution in [3.8, 4) is 0 Å². The van der Waals surface area contributed by atoms with E-state index in [1.165, 1.54) is 11.6 Å². The Hall–Kier alpha value is -3.06. The highest BCUT2D eigenvalue weighted by molar-refractivity contribution is 6.31. The number of rotatable bonds is 5. The fourth-order valence-electron chi connectivity index (χ4n) is 2.57. The first-order valence-electron chi connectivity index (χ1n) is 7.89. The predicted molar refractivity (Wildman–Crippen MR) is 98.6 cm³/mol. The lowest BCUT2D eigenvalue weighted by Gasteiger charge is -2.07. The van der Waals surface area contributed by atoms with Crippen molar-refractivity contribution >= 4 is 40.2 Å². The van der Waals surface area contributed by atoms with Crippen LogP contribution in [-0.2, 0) is 11.3 Å². The number of halogens is 1. The number of aromatic nitrogens is 1. The Labute approximate surface area is 153 Å². The topological polar surface area (TPSA) is 93.3 Å². The van der Waals surface area contributed by atoms with Crippen molar-refractivity contribution < 1.29 is 14.0 Å². The third kappa shape index (κ3) is 3.78. The van der Waals surface area contributed by atoms with Crippen LogP contribution in [0.1, 0.15) is 16.8 Å². The van der Waals surface area contributed by atoms with Gasteiger partial charge in [-0.15, -0.1) is 0 Å². The summed E-state index contributed by atoms with van der Waals surface area (Å²) in [5, 5.41) is 5.70. The maximum absolute atomic E-state index is 12.2. The lowest BCUT2D eigenvalue weighted by molar-refractivity contribution is -0.116. The molecule has 3 rings (SSSR count). The number of nitrogens with one attached hydrogen (secondary N) is 2. The molecule has 0 radical (unpaired) electrons. The first-order valence-corrected chi connectivity index (χ1v) is 8.26. The summed E-state index contributed by atoms with van der Waals surface area (Å²) in [5.41, 5.74) is 1.90. The van der Waals surface area contributed by atoms with Gasteiger partial charge < -0.3 is 15.1 Å². The zero-order valence-corrected chi connectivity index (χ0v) is 14.7. The van der Waals surface area contributed by atoms with E-state index in [4.69, 9.17) is 16.0 Å². The zero-order chi connectivity index (χ0) is 18.7. The van der Waals surface area contributed by atoms with Crippen LogP contribution in [0.2, 0.25) is 5.02 Å². The van der Waals surface area contributed by atoms with Crippen molar-refractivity contribution in [1.29, 1.82) is 0 Å². The quantitative estimate of drug-likeness (QED) is 0.719. The molecule has 26 heavy (non-hydrogen) atoms. The van der Waals surface area contributed by atoms with Gasteiger partial charge in [-0.05, 0) is 30.3 Å². The van der Waals surface area contributed by atoms with E-state index in [1.54, 1.807) is 42.5 Å². The Morgan fingerprint density at radius 1 is 1.19 bits per heavy atom. The average molecular weight is 374 g/mol. The van der Waals surface area contributed by atoms with Gasteiger partial charge in [-0.25, -0.2) is 4.79 Å². The number of oxazole rings is 1. The first-order chi connectivity index (χ1) is 12.5. The first kappa shape index (κ1) is 17.8. The number of carbonyl (C=O) groups excluding carboxylic acids is 2. The second-order valence-electron chi connectivity index (χ2n) is 5.59. The summed E-state index contributed by atoms with van der Waals surface area (Å²) in [6.45, 7) is 0.161. The van der Waals surface area contributed by atoms with Crippen LogP contribution in [0.5, 0.6) is 0 Å². The zero-order valence-electron chi connectivity index (χ0n) is 13.9. The third-order valence-electron chi connectivity index (χ3n) is 3.83. The van der Waals surface area contributed by atoms with Gasteiger partial charge in [0.2, 0.25) is 5.91 Å². The number of hydrogen-bond donors (Lipinski definition) is 2. The van der Waals surface area contributed by atoms with Crippen LogP contribution < -0.4 is 16.4 Å². The normalized spacial score (nSPS) is 10.7. The number of amides is 2. The summed E-state index contributed by atoms with van der Waals surface area (Å²) in [6.07, 6.45) is 0.0708. The molecule has 0 bridgehead atoms. The van der Waals surface area contributed by atoms with Crippen molar-refractivity contribution in [2.45, 2.75) is 13.0 Å². The minimum Gasteiger partial charge on any atom is -0.408 e. The molecular formula is C18H16ClN3O4. The van der Waals surface area contributed by atoms with E-state index in [0.717, 1.165) is 0 Å². The van der Waals surface area contributed by atoms with Crippen molar-refractivity contribution in [3.63, 3.8) is 0 Å². The Morgan fingerprint density at radius 3 is 2.77 bits per heavy atom. The number of hydrogen-bond acceptors (Lipinski definition) is 4. The van der Waals surface area contributed by atoms with E-state index in [1.807, 2.05) is 0 Å². The van der Waals surface area contributed by atoms with Crippen molar-refractivity contribution in [1.82, 2.24) is 9.88 Å². The molecule has 0 aliphatic heterocycles. The summed E-state index contributed by atoms with van der Waals surface area (Å²) >= 11 is 5.88. The molecule has 1 heterocycles. The van der Waals surface area contributed by atoms with Crippen LogP contribution in [0.25, 0.3) is 11.1 Å². The van der Waals surface area contributed by atoms with E-state index in [2.05, 4.69) is 10.6 Å². The van der Waals surface area contributed by atoms with Gasteiger partial charge in [0.05, 0.1) is 5.52 Å². The molecule has 0 unspecified atom stereocenters. The van der Waals surface area contributed by atoms with Crippen LogP contribution in [0.4, 0.5) is 5.69 Å². The number of aryl methyl sites for hydroxylation is 1. The van der Waals surface area contributed by atoms with E-state index in [0.29, 0.717) is 27.4 Å². The Kier molecular flexibility index (Phi) is 5.09. The van der Waals surface area contributed by atoms with Crippen molar-refractivity contribution in [2.24, 2.45) is 0 Å². The minimum absolute atomic E-state index is 0.0708. The molecule has 0 atom stereocenters. The van der Waals surface area contributed by atoms with Crippen LogP contribution in [0, 0.1) is 0 Å². The van der Waals surface area contributed by atoms with E-state index >= 15 is 0 Å². The number of fused-ring (bicyclic) bond motifs is 1. The molecule has 134 valence electrons. The number of nitrogens with zero attached hydrogens (tertiary/aromatic N) is 1. The van der Waals surface area contributed by atoms with Gasteiger partial charge in [0.1, 0.15) is 0 Å². The second kappa shape index (κ2) is 7.45. The molecule has 0 saturated carbocycles. The van der Waals surface area contributed by atoms with Gasteiger partial charge in [-0.3, -0.25) is 14.2 Å². The Bertz CT molecular complexity index is 1040. The largest absolute Gasteiger partial charge is 0.419 e. The van der Waals surface area contributed by atoms with Crippen LogP contribution in [0.3, 0.4) is 0 Å². The maximum Gasteiger partial charge on any atom is 0.419 e. The number of anilines is 1. The maximum atomic E-state index is 12.2. The number of benzene rings is 2. The molecule has 0 fully saturated rings. The SMILES string of the molecule is CNC(=O)c1cccc(NC(=O)CCn2c(=O)oc3cc(Cl)ccc32)c1. The summed E-state index contributed by atoms with van der Waals surface area (Å²) in [5.74, 6) is -1.07. The monoisotopic (exact) mass is 373 g/mol. The highest BCUT2D eigenvalue weighted by Crippen LogP contribution is 2.18. The predicted octanol–water partition coefficient (Wildman–Crippen LogP) is 2.64. The van der Waals surface area contributed by atoms with Gasteiger partial charge >= 0.3 is 5.76 Å². The van der Waals surface area contributed by atoms with Crippen LogP contribution >= 0.6 is 11.6 Å². The molecule has 3 aromatic rings. The molecule has 0 aliphatic carbocycles. The van der Waals surface area contributed by atoms with Crippen molar-refractivity contribution in [2.75, 3.05) is 12.4 Å². The lowest BCUT2D eigenvalue weighted by Crippen LogP contribution is -2.20. The number of carbonyl (C=O) groups is 2. The summed E-state index contributed by atoms with van der Waals surface area (Å²) < 4.78 is 6.51. The van der Waals surface area contributed by atoms with E-state index in [-0.39, 0.29) is 24.8 Å². The molecule has 0 spiro atoms. The molecule has 2 amide bonds. The summed E-state index contributed by atoms with van der Waals surface area (Å²) in [6, 6.07) is 11.5. The van der Waals surface area contributed by atoms with Gasteiger partial charge in [0.15, 0.2) is 5.58 Å².